The fraction of sp³-hybridized carbons (Fsp3) is 0.667. The van der Waals surface area contributed by atoms with Gasteiger partial charge in [-0.1, -0.05) is 51.9 Å². The molecule has 0 fully saturated rings. The van der Waals surface area contributed by atoms with Crippen LogP contribution in [0.15, 0.2) is 12.2 Å². The summed E-state index contributed by atoms with van der Waals surface area (Å²) in [5.41, 5.74) is 0. The summed E-state index contributed by atoms with van der Waals surface area (Å²) in [6.45, 7) is 2.70. The minimum absolute atomic E-state index is 0.511. The number of hydrogen-bond acceptors (Lipinski definition) is 3. The third-order valence-corrected chi connectivity index (χ3v) is 2.93. The average Bonchev–Trinajstić information content (AvgIpc) is 2.43. The van der Waals surface area contributed by atoms with Crippen molar-refractivity contribution in [3.8, 4) is 0 Å². The number of carbonyl (C=O) groups excluding carboxylic acids is 2. The topological polar surface area (TPSA) is 95.5 Å². The quantitative estimate of drug-likeness (QED) is 0.403. The maximum Gasteiger partial charge on any atom is 0.328 e. The van der Waals surface area contributed by atoms with Gasteiger partial charge in [-0.15, -0.1) is 0 Å². The molecule has 6 nitrogen and oxygen atoms in total. The van der Waals surface area contributed by atoms with Gasteiger partial charge >= 0.3 is 12.0 Å². The lowest BCUT2D eigenvalue weighted by Gasteiger charge is -2.05. The van der Waals surface area contributed by atoms with Gasteiger partial charge in [0.2, 0.25) is 0 Å². The molecule has 21 heavy (non-hydrogen) atoms. The molecule has 0 heterocycles. The maximum atomic E-state index is 11.3. The Hall–Kier alpha value is -1.85. The van der Waals surface area contributed by atoms with Gasteiger partial charge in [0, 0.05) is 18.7 Å². The maximum absolute atomic E-state index is 11.3. The molecule has 0 aliphatic rings. The molecule has 0 aromatic rings. The highest BCUT2D eigenvalue weighted by molar-refractivity contribution is 6.02. The molecule has 0 spiro atoms. The first-order valence-corrected chi connectivity index (χ1v) is 7.56. The van der Waals surface area contributed by atoms with Gasteiger partial charge in [-0.3, -0.25) is 10.1 Å². The lowest BCUT2D eigenvalue weighted by Crippen LogP contribution is -2.39. The molecule has 0 aliphatic carbocycles. The van der Waals surface area contributed by atoms with Crippen LogP contribution in [0.3, 0.4) is 0 Å². The molecule has 0 saturated carbocycles. The van der Waals surface area contributed by atoms with Gasteiger partial charge in [0.1, 0.15) is 0 Å². The van der Waals surface area contributed by atoms with E-state index in [1.165, 1.54) is 32.1 Å². The molecule has 0 rings (SSSR count). The molecule has 0 aliphatic heterocycles. The molecular weight excluding hydrogens is 272 g/mol. The van der Waals surface area contributed by atoms with E-state index in [1.54, 1.807) is 0 Å². The first-order chi connectivity index (χ1) is 10.1. The highest BCUT2D eigenvalue weighted by atomic mass is 16.4. The van der Waals surface area contributed by atoms with Crippen molar-refractivity contribution < 1.29 is 19.5 Å². The first-order valence-electron chi connectivity index (χ1n) is 7.56. The Morgan fingerprint density at radius 2 is 1.48 bits per heavy atom. The van der Waals surface area contributed by atoms with Gasteiger partial charge in [-0.2, -0.15) is 0 Å². The predicted molar refractivity (Wildman–Crippen MR) is 80.9 cm³/mol. The SMILES string of the molecule is CCCCCCCCCCNC(=O)NC(=O)/C=C/C(=O)O. The van der Waals surface area contributed by atoms with Gasteiger partial charge in [-0.25, -0.2) is 9.59 Å². The zero-order valence-corrected chi connectivity index (χ0v) is 12.7. The van der Waals surface area contributed by atoms with Crippen molar-refractivity contribution >= 4 is 17.9 Å². The van der Waals surface area contributed by atoms with Crippen LogP contribution in [0.2, 0.25) is 0 Å². The Morgan fingerprint density at radius 3 is 2.05 bits per heavy atom. The second kappa shape index (κ2) is 13.1. The van der Waals surface area contributed by atoms with Crippen LogP contribution in [0.5, 0.6) is 0 Å². The van der Waals surface area contributed by atoms with E-state index in [1.807, 2.05) is 5.32 Å². The standard InChI is InChI=1S/C15H26N2O4/c1-2-3-4-5-6-7-8-9-12-16-15(21)17-13(18)10-11-14(19)20/h10-11H,2-9,12H2,1H3,(H,19,20)(H2,16,17,18,21)/b11-10+. The van der Waals surface area contributed by atoms with Gasteiger partial charge < -0.3 is 10.4 Å². The fourth-order valence-corrected chi connectivity index (χ4v) is 1.81. The van der Waals surface area contributed by atoms with Crippen LogP contribution in [0.1, 0.15) is 58.3 Å². The molecule has 120 valence electrons. The molecule has 0 bridgehead atoms. The molecule has 0 unspecified atom stereocenters. The van der Waals surface area contributed by atoms with Crippen LogP contribution in [0.25, 0.3) is 0 Å². The summed E-state index contributed by atoms with van der Waals surface area (Å²) >= 11 is 0. The van der Waals surface area contributed by atoms with Crippen molar-refractivity contribution in [2.75, 3.05) is 6.54 Å². The second-order valence-corrected chi connectivity index (χ2v) is 4.89. The largest absolute Gasteiger partial charge is 0.478 e. The van der Waals surface area contributed by atoms with Crippen LogP contribution in [-0.2, 0) is 9.59 Å². The Morgan fingerprint density at radius 1 is 0.905 bits per heavy atom. The smallest absolute Gasteiger partial charge is 0.328 e. The third-order valence-electron chi connectivity index (χ3n) is 2.93. The fourth-order valence-electron chi connectivity index (χ4n) is 1.81. The third kappa shape index (κ3) is 14.4. The Kier molecular flexibility index (Phi) is 12.0. The summed E-state index contributed by atoms with van der Waals surface area (Å²) in [4.78, 5) is 32.6. The van der Waals surface area contributed by atoms with Crippen molar-refractivity contribution in [2.45, 2.75) is 58.3 Å². The summed E-state index contributed by atoms with van der Waals surface area (Å²) < 4.78 is 0. The lowest BCUT2D eigenvalue weighted by molar-refractivity contribution is -0.131. The van der Waals surface area contributed by atoms with Crippen LogP contribution in [0, 0.1) is 0 Å². The molecule has 0 aromatic heterocycles. The van der Waals surface area contributed by atoms with Crippen LogP contribution >= 0.6 is 0 Å². The van der Waals surface area contributed by atoms with Crippen molar-refractivity contribution in [3.63, 3.8) is 0 Å². The van der Waals surface area contributed by atoms with E-state index in [0.717, 1.165) is 25.3 Å². The molecule has 0 aromatic carbocycles. The van der Waals surface area contributed by atoms with Crippen LogP contribution in [0.4, 0.5) is 4.79 Å². The second-order valence-electron chi connectivity index (χ2n) is 4.89. The summed E-state index contributed by atoms with van der Waals surface area (Å²) in [5.74, 6) is -1.98. The summed E-state index contributed by atoms with van der Waals surface area (Å²) in [6, 6.07) is -0.599. The molecule has 0 saturated heterocycles. The van der Waals surface area contributed by atoms with Gasteiger partial charge in [0.15, 0.2) is 0 Å². The monoisotopic (exact) mass is 298 g/mol. The minimum atomic E-state index is -1.23. The Bertz CT molecular complexity index is 354. The van der Waals surface area contributed by atoms with Gasteiger partial charge in [-0.05, 0) is 6.42 Å². The predicted octanol–water partition coefficient (Wildman–Crippen LogP) is 2.59. The Labute approximate surface area is 126 Å². The Balaban J connectivity index is 3.45. The normalized spacial score (nSPS) is 10.5. The number of carbonyl (C=O) groups is 3. The van der Waals surface area contributed by atoms with Crippen molar-refractivity contribution in [1.82, 2.24) is 10.6 Å². The highest BCUT2D eigenvalue weighted by Gasteiger charge is 2.03. The van der Waals surface area contributed by atoms with E-state index in [9.17, 15) is 14.4 Å². The lowest BCUT2D eigenvalue weighted by atomic mass is 10.1. The number of hydrogen-bond donors (Lipinski definition) is 3. The zero-order chi connectivity index (χ0) is 15.9. The van der Waals surface area contributed by atoms with E-state index in [2.05, 4.69) is 12.2 Å². The molecule has 0 atom stereocenters. The summed E-state index contributed by atoms with van der Waals surface area (Å²) in [6.07, 6.45) is 10.9. The average molecular weight is 298 g/mol. The molecule has 3 N–H and O–H groups in total. The first kappa shape index (κ1) is 19.1. The number of carboxylic acids is 1. The van der Waals surface area contributed by atoms with Crippen molar-refractivity contribution in [1.29, 1.82) is 0 Å². The molecule has 0 radical (unpaired) electrons. The summed E-state index contributed by atoms with van der Waals surface area (Å²) in [7, 11) is 0. The number of nitrogens with one attached hydrogen (secondary N) is 2. The molecular formula is C15H26N2O4. The zero-order valence-electron chi connectivity index (χ0n) is 12.7. The van der Waals surface area contributed by atoms with E-state index in [-0.39, 0.29) is 0 Å². The van der Waals surface area contributed by atoms with Gasteiger partial charge in [0.05, 0.1) is 0 Å². The molecule has 3 amide bonds. The number of carboxylic acid groups (broad SMARTS) is 1. The van der Waals surface area contributed by atoms with Crippen LogP contribution < -0.4 is 10.6 Å². The van der Waals surface area contributed by atoms with E-state index in [4.69, 9.17) is 5.11 Å². The van der Waals surface area contributed by atoms with E-state index >= 15 is 0 Å². The van der Waals surface area contributed by atoms with Gasteiger partial charge in [0.25, 0.3) is 5.91 Å². The van der Waals surface area contributed by atoms with Crippen molar-refractivity contribution in [3.05, 3.63) is 12.2 Å². The van der Waals surface area contributed by atoms with Crippen molar-refractivity contribution in [2.24, 2.45) is 0 Å². The minimum Gasteiger partial charge on any atom is -0.478 e. The number of urea groups is 1. The number of unbranched alkanes of at least 4 members (excludes halogenated alkanes) is 7. The number of amides is 3. The molecule has 6 heteroatoms. The number of aliphatic carboxylic acids is 1. The number of imide groups is 1. The van der Waals surface area contributed by atoms with E-state index in [0.29, 0.717) is 12.6 Å². The number of rotatable bonds is 11. The highest BCUT2D eigenvalue weighted by Crippen LogP contribution is 2.07. The van der Waals surface area contributed by atoms with E-state index < -0.39 is 17.9 Å². The summed E-state index contributed by atoms with van der Waals surface area (Å²) in [5, 5.41) is 12.9. The van der Waals surface area contributed by atoms with Crippen LogP contribution in [-0.4, -0.2) is 29.6 Å².